The monoisotopic (exact) mass is 1020 g/mol. The molecule has 0 radical (unpaired) electrons. The van der Waals surface area contributed by atoms with Crippen molar-refractivity contribution >= 4 is 11.9 Å². The van der Waals surface area contributed by atoms with E-state index in [1.54, 1.807) is 0 Å². The quantitative estimate of drug-likeness (QED) is 0.0171. The molecule has 0 saturated carbocycles. The Kier molecular flexibility index (Phi) is 39.8. The van der Waals surface area contributed by atoms with Crippen LogP contribution in [0.1, 0.15) is 206 Å². The minimum Gasteiger partial charge on any atom is -0.462 e. The van der Waals surface area contributed by atoms with E-state index in [1.165, 1.54) is 116 Å². The normalized spacial score (nSPS) is 25.3. The number of carbonyl (C=O) groups is 2. The van der Waals surface area contributed by atoms with Gasteiger partial charge in [-0.05, 0) is 51.4 Å². The number of aliphatic hydroxyl groups excluding tert-OH is 7. The third kappa shape index (κ3) is 30.7. The van der Waals surface area contributed by atoms with Crippen LogP contribution in [0, 0.1) is 0 Å². The summed E-state index contributed by atoms with van der Waals surface area (Å²) in [6.07, 6.45) is 32.8. The number of rotatable bonds is 44. The Balaban J connectivity index is 1.79. The van der Waals surface area contributed by atoms with Crippen LogP contribution in [0.25, 0.3) is 0 Å². The van der Waals surface area contributed by atoms with Gasteiger partial charge in [0.05, 0.1) is 19.8 Å². The Hall–Kier alpha value is -2.54. The van der Waals surface area contributed by atoms with Gasteiger partial charge in [-0.2, -0.15) is 0 Å². The highest BCUT2D eigenvalue weighted by atomic mass is 16.7. The van der Waals surface area contributed by atoms with E-state index in [-0.39, 0.29) is 19.4 Å². The van der Waals surface area contributed by atoms with Crippen molar-refractivity contribution in [2.75, 3.05) is 26.4 Å². The van der Waals surface area contributed by atoms with Crippen molar-refractivity contribution < 1.29 is 73.8 Å². The van der Waals surface area contributed by atoms with Crippen molar-refractivity contribution in [2.24, 2.45) is 0 Å². The predicted molar refractivity (Wildman–Crippen MR) is 280 cm³/mol. The van der Waals surface area contributed by atoms with Gasteiger partial charge in [-0.15, -0.1) is 0 Å². The molecule has 0 aromatic heterocycles. The number of aliphatic hydroxyl groups is 7. The third-order valence-electron chi connectivity index (χ3n) is 13.3. The summed E-state index contributed by atoms with van der Waals surface area (Å²) in [5.74, 6) is -0.984. The van der Waals surface area contributed by atoms with Crippen LogP contribution in [-0.2, 0) is 38.0 Å². The largest absolute Gasteiger partial charge is 0.462 e. The summed E-state index contributed by atoms with van der Waals surface area (Å²) < 4.78 is 33.6. The highest BCUT2D eigenvalue weighted by Gasteiger charge is 2.47. The molecule has 2 fully saturated rings. The number of hydrogen-bond donors (Lipinski definition) is 7. The van der Waals surface area contributed by atoms with E-state index in [0.717, 1.165) is 44.9 Å². The molecule has 72 heavy (non-hydrogen) atoms. The van der Waals surface area contributed by atoms with Gasteiger partial charge in [0.15, 0.2) is 18.7 Å². The van der Waals surface area contributed by atoms with E-state index in [4.69, 9.17) is 28.4 Å². The fourth-order valence-electron chi connectivity index (χ4n) is 8.68. The summed E-state index contributed by atoms with van der Waals surface area (Å²) in [5, 5.41) is 72.2. The van der Waals surface area contributed by atoms with Crippen LogP contribution in [0.15, 0.2) is 48.6 Å². The van der Waals surface area contributed by atoms with Crippen molar-refractivity contribution in [1.29, 1.82) is 0 Å². The molecule has 2 rings (SSSR count). The summed E-state index contributed by atoms with van der Waals surface area (Å²) in [6.45, 7) is 2.53. The van der Waals surface area contributed by atoms with Crippen molar-refractivity contribution in [2.45, 2.75) is 274 Å². The zero-order valence-electron chi connectivity index (χ0n) is 44.4. The van der Waals surface area contributed by atoms with Crippen LogP contribution in [0.2, 0.25) is 0 Å². The number of esters is 2. The molecule has 2 aliphatic rings. The zero-order valence-corrected chi connectivity index (χ0v) is 44.4. The van der Waals surface area contributed by atoms with Gasteiger partial charge in [-0.25, -0.2) is 0 Å². The molecule has 15 heteroatoms. The SMILES string of the molecule is CCCCC/C=C/C/C=C/C/C=C/C/C=C/CCCC(=O)O[C@@H](COC(=O)CCCCCCCCCCCCCCCCCCCCC)CO[C@@H]1O[C@H](CO[C@@H]2O[C@H](CO)[C@H](O)C(O)C2O)[C@H](O)C(O)C1O. The van der Waals surface area contributed by atoms with Crippen LogP contribution in [0.4, 0.5) is 0 Å². The molecule has 7 N–H and O–H groups in total. The zero-order chi connectivity index (χ0) is 52.4. The lowest BCUT2D eigenvalue weighted by Gasteiger charge is -2.42. The molecule has 0 aliphatic carbocycles. The lowest BCUT2D eigenvalue weighted by atomic mass is 9.98. The molecule has 0 aromatic rings. The first-order valence-electron chi connectivity index (χ1n) is 28.2. The molecule has 11 atom stereocenters. The fraction of sp³-hybridized carbons (Fsp3) is 0.825. The Morgan fingerprint density at radius 3 is 1.35 bits per heavy atom. The maximum atomic E-state index is 13.0. The van der Waals surface area contributed by atoms with Crippen molar-refractivity contribution in [3.8, 4) is 0 Å². The van der Waals surface area contributed by atoms with Crippen LogP contribution < -0.4 is 0 Å². The Labute approximate surface area is 433 Å². The van der Waals surface area contributed by atoms with Crippen LogP contribution in [-0.4, -0.2) is 142 Å². The topological polar surface area (TPSA) is 231 Å². The van der Waals surface area contributed by atoms with Gasteiger partial charge < -0.3 is 64.2 Å². The Morgan fingerprint density at radius 1 is 0.444 bits per heavy atom. The van der Waals surface area contributed by atoms with Gasteiger partial charge in [-0.1, -0.05) is 191 Å². The molecular formula is C57H100O15. The van der Waals surface area contributed by atoms with E-state index in [1.807, 2.05) is 12.2 Å². The van der Waals surface area contributed by atoms with Gasteiger partial charge in [0.2, 0.25) is 0 Å². The second-order valence-corrected chi connectivity index (χ2v) is 19.8. The number of carbonyl (C=O) groups excluding carboxylic acids is 2. The Bertz CT molecular complexity index is 1440. The average molecular weight is 1030 g/mol. The lowest BCUT2D eigenvalue weighted by molar-refractivity contribution is -0.332. The summed E-state index contributed by atoms with van der Waals surface area (Å²) in [5.41, 5.74) is 0. The van der Waals surface area contributed by atoms with Crippen LogP contribution >= 0.6 is 0 Å². The van der Waals surface area contributed by atoms with Gasteiger partial charge in [0.25, 0.3) is 0 Å². The second-order valence-electron chi connectivity index (χ2n) is 19.8. The van der Waals surface area contributed by atoms with Gasteiger partial charge in [0.1, 0.15) is 55.4 Å². The minimum atomic E-state index is -1.78. The number of allylic oxidation sites excluding steroid dienone is 8. The fourth-order valence-corrected chi connectivity index (χ4v) is 8.68. The number of hydrogen-bond acceptors (Lipinski definition) is 15. The minimum absolute atomic E-state index is 0.0899. The highest BCUT2D eigenvalue weighted by Crippen LogP contribution is 2.27. The first kappa shape index (κ1) is 65.6. The molecule has 2 heterocycles. The average Bonchev–Trinajstić information content (AvgIpc) is 3.37. The van der Waals surface area contributed by atoms with Gasteiger partial charge in [-0.3, -0.25) is 9.59 Å². The summed E-state index contributed by atoms with van der Waals surface area (Å²) in [4.78, 5) is 25.8. The van der Waals surface area contributed by atoms with E-state index in [9.17, 15) is 45.3 Å². The lowest BCUT2D eigenvalue weighted by Crippen LogP contribution is -2.61. The predicted octanol–water partition coefficient (Wildman–Crippen LogP) is 9.05. The maximum absolute atomic E-state index is 13.0. The van der Waals surface area contributed by atoms with E-state index in [0.29, 0.717) is 19.3 Å². The molecule has 2 saturated heterocycles. The van der Waals surface area contributed by atoms with Gasteiger partial charge in [0, 0.05) is 12.8 Å². The van der Waals surface area contributed by atoms with E-state index in [2.05, 4.69) is 50.3 Å². The molecule has 0 bridgehead atoms. The molecule has 0 spiro atoms. The third-order valence-corrected chi connectivity index (χ3v) is 13.3. The number of unbranched alkanes of at least 4 members (excludes halogenated alkanes) is 22. The summed E-state index contributed by atoms with van der Waals surface area (Å²) in [6, 6.07) is 0. The smallest absolute Gasteiger partial charge is 0.306 e. The first-order valence-corrected chi connectivity index (χ1v) is 28.2. The standard InChI is InChI=1S/C57H100O15/c1-3-5-7-9-11-13-15-17-19-21-22-24-25-27-29-31-33-35-37-39-48(59)67-42-45(70-49(60)40-38-36-34-32-30-28-26-23-20-18-16-14-12-10-8-6-4-2)43-68-56-55(66)53(64)51(62)47(72-56)44-69-57-54(65)52(63)50(61)46(41-58)71-57/h12,14,18,20,26,28,32,34,45-47,50-58,61-66H,3-11,13,15-17,19,21-25,27,29-31,33,35-44H2,1-2H3/b14-12+,20-18+,28-26+,34-32+/t45-,46+,47+,50-,51-,52?,53?,54?,55?,56+,57+/m0/s1. The van der Waals surface area contributed by atoms with Crippen molar-refractivity contribution in [3.63, 3.8) is 0 Å². The first-order chi connectivity index (χ1) is 35.0. The molecule has 418 valence electrons. The van der Waals surface area contributed by atoms with Crippen LogP contribution in [0.3, 0.4) is 0 Å². The van der Waals surface area contributed by atoms with Crippen molar-refractivity contribution in [3.05, 3.63) is 48.6 Å². The highest BCUT2D eigenvalue weighted by molar-refractivity contribution is 5.70. The van der Waals surface area contributed by atoms with Crippen LogP contribution in [0.5, 0.6) is 0 Å². The second kappa shape index (κ2) is 43.7. The molecule has 0 amide bonds. The van der Waals surface area contributed by atoms with Gasteiger partial charge >= 0.3 is 11.9 Å². The Morgan fingerprint density at radius 2 is 0.847 bits per heavy atom. The molecule has 0 aromatic carbocycles. The summed E-state index contributed by atoms with van der Waals surface area (Å²) in [7, 11) is 0. The maximum Gasteiger partial charge on any atom is 0.306 e. The molecule has 15 nitrogen and oxygen atoms in total. The van der Waals surface area contributed by atoms with E-state index < -0.39 is 99.3 Å². The molecular weight excluding hydrogens is 925 g/mol. The summed E-state index contributed by atoms with van der Waals surface area (Å²) >= 11 is 0. The molecule has 2 aliphatic heterocycles. The van der Waals surface area contributed by atoms with E-state index >= 15 is 0 Å². The van der Waals surface area contributed by atoms with Crippen molar-refractivity contribution in [1.82, 2.24) is 0 Å². The number of ether oxygens (including phenoxy) is 6. The molecule has 4 unspecified atom stereocenters.